The second-order valence-electron chi connectivity index (χ2n) is 8.42. The maximum Gasteiger partial charge on any atom is 0.119 e. The number of hydrogen-bond donors (Lipinski definition) is 0. The van der Waals surface area contributed by atoms with Gasteiger partial charge in [-0.25, -0.2) is 0 Å². The van der Waals surface area contributed by atoms with Crippen molar-refractivity contribution in [2.24, 2.45) is 5.92 Å². The monoisotopic (exact) mass is 380 g/mol. The van der Waals surface area contributed by atoms with Crippen LogP contribution in [0.1, 0.15) is 43.2 Å². The number of unbranched alkanes of at least 4 members (excludes halogenated alkanes) is 1. The Bertz CT molecular complexity index is 726. The zero-order chi connectivity index (χ0) is 19.9. The summed E-state index contributed by atoms with van der Waals surface area (Å²) in [5.41, 5.74) is 3.97. The molecule has 28 heavy (non-hydrogen) atoms. The van der Waals surface area contributed by atoms with Gasteiger partial charge >= 0.3 is 0 Å². The summed E-state index contributed by atoms with van der Waals surface area (Å²) >= 11 is 0. The molecule has 0 amide bonds. The lowest BCUT2D eigenvalue weighted by Gasteiger charge is -2.39. The summed E-state index contributed by atoms with van der Waals surface area (Å²) in [5.74, 6) is 2.09. The number of nitrogens with zero attached hydrogens (tertiary/aromatic N) is 2. The summed E-state index contributed by atoms with van der Waals surface area (Å²) in [5, 5.41) is 0. The molecule has 0 bridgehead atoms. The molecule has 3 nitrogen and oxygen atoms in total. The van der Waals surface area contributed by atoms with Crippen LogP contribution in [0.15, 0.2) is 48.5 Å². The van der Waals surface area contributed by atoms with Crippen molar-refractivity contribution in [3.63, 3.8) is 0 Å². The molecule has 0 spiro atoms. The molecule has 0 aliphatic carbocycles. The summed E-state index contributed by atoms with van der Waals surface area (Å²) in [7, 11) is 4.19. The maximum atomic E-state index is 6.26. The first kappa shape index (κ1) is 20.7. The van der Waals surface area contributed by atoms with Crippen molar-refractivity contribution in [3.05, 3.63) is 59.7 Å². The van der Waals surface area contributed by atoms with E-state index in [0.717, 1.165) is 18.9 Å². The van der Waals surface area contributed by atoms with E-state index in [4.69, 9.17) is 4.74 Å². The van der Waals surface area contributed by atoms with E-state index in [2.05, 4.69) is 86.3 Å². The largest absolute Gasteiger partial charge is 0.493 e. The van der Waals surface area contributed by atoms with Crippen molar-refractivity contribution in [3.8, 4) is 5.75 Å². The molecule has 0 N–H and O–H groups in total. The highest BCUT2D eigenvalue weighted by atomic mass is 16.5. The number of anilines is 1. The van der Waals surface area contributed by atoms with E-state index in [-0.39, 0.29) is 0 Å². The van der Waals surface area contributed by atoms with Gasteiger partial charge < -0.3 is 14.5 Å². The van der Waals surface area contributed by atoms with E-state index in [1.807, 2.05) is 0 Å². The minimum Gasteiger partial charge on any atom is -0.493 e. The van der Waals surface area contributed by atoms with Gasteiger partial charge in [-0.1, -0.05) is 37.6 Å². The maximum absolute atomic E-state index is 6.26. The van der Waals surface area contributed by atoms with Crippen LogP contribution in [0, 0.1) is 12.8 Å². The molecule has 152 valence electrons. The van der Waals surface area contributed by atoms with Gasteiger partial charge in [0.05, 0.1) is 6.61 Å². The predicted molar refractivity (Wildman–Crippen MR) is 120 cm³/mol. The highest BCUT2D eigenvalue weighted by Crippen LogP contribution is 2.34. The first-order chi connectivity index (χ1) is 13.6. The van der Waals surface area contributed by atoms with Crippen LogP contribution in [-0.2, 0) is 0 Å². The lowest BCUT2D eigenvalue weighted by molar-refractivity contribution is 0.110. The topological polar surface area (TPSA) is 15.7 Å². The van der Waals surface area contributed by atoms with Crippen LogP contribution in [0.5, 0.6) is 5.75 Å². The Morgan fingerprint density at radius 2 is 1.89 bits per heavy atom. The number of likely N-dealkylation sites (tertiary alicyclic amines) is 1. The number of piperidine rings is 1. The number of hydrogen-bond acceptors (Lipinski definition) is 3. The van der Waals surface area contributed by atoms with Crippen molar-refractivity contribution in [2.45, 2.75) is 39.0 Å². The predicted octanol–water partition coefficient (Wildman–Crippen LogP) is 5.35. The van der Waals surface area contributed by atoms with Gasteiger partial charge in [0.25, 0.3) is 0 Å². The molecule has 2 atom stereocenters. The average molecular weight is 381 g/mol. The van der Waals surface area contributed by atoms with Gasteiger partial charge in [0, 0.05) is 32.2 Å². The molecule has 0 aromatic heterocycles. The van der Waals surface area contributed by atoms with Crippen LogP contribution < -0.4 is 9.64 Å². The van der Waals surface area contributed by atoms with Crippen LogP contribution >= 0.6 is 0 Å². The Labute approximate surface area is 171 Å². The molecule has 3 heteroatoms. The highest BCUT2D eigenvalue weighted by Gasteiger charge is 2.30. The van der Waals surface area contributed by atoms with E-state index in [9.17, 15) is 0 Å². The first-order valence-corrected chi connectivity index (χ1v) is 10.8. The molecule has 2 unspecified atom stereocenters. The second-order valence-corrected chi connectivity index (χ2v) is 8.42. The molecule has 2 aromatic rings. The first-order valence-electron chi connectivity index (χ1n) is 10.8. The standard InChI is InChI=1S/C25H36N2O/c1-5-6-15-27-16-14-25(21-10-12-23(13-11-21)26(3)4)22(18-27)19-28-24-9-7-8-20(2)17-24/h7-13,17,22,25H,5-6,14-16,18-19H2,1-4H3. The van der Waals surface area contributed by atoms with E-state index in [1.54, 1.807) is 0 Å². The highest BCUT2D eigenvalue weighted by molar-refractivity contribution is 5.46. The normalized spacial score (nSPS) is 20.1. The van der Waals surface area contributed by atoms with Crippen molar-refractivity contribution < 1.29 is 4.74 Å². The Balaban J connectivity index is 1.72. The van der Waals surface area contributed by atoms with Gasteiger partial charge in [-0.05, 0) is 74.2 Å². The number of ether oxygens (including phenoxy) is 1. The minimum atomic E-state index is 0.524. The third kappa shape index (κ3) is 5.51. The number of rotatable bonds is 8. The van der Waals surface area contributed by atoms with Crippen LogP contribution in [0.3, 0.4) is 0 Å². The van der Waals surface area contributed by atoms with Crippen LogP contribution in [0.4, 0.5) is 5.69 Å². The summed E-state index contributed by atoms with van der Waals surface area (Å²) in [6.07, 6.45) is 3.76. The van der Waals surface area contributed by atoms with E-state index in [0.29, 0.717) is 11.8 Å². The fourth-order valence-electron chi connectivity index (χ4n) is 4.23. The molecule has 1 aliphatic rings. The van der Waals surface area contributed by atoms with E-state index < -0.39 is 0 Å². The second kappa shape index (κ2) is 9.97. The molecule has 1 heterocycles. The van der Waals surface area contributed by atoms with Crippen molar-refractivity contribution in [2.75, 3.05) is 45.2 Å². The van der Waals surface area contributed by atoms with Gasteiger partial charge in [0.2, 0.25) is 0 Å². The van der Waals surface area contributed by atoms with Gasteiger partial charge in [0.1, 0.15) is 5.75 Å². The van der Waals surface area contributed by atoms with Gasteiger partial charge in [-0.15, -0.1) is 0 Å². The van der Waals surface area contributed by atoms with Crippen molar-refractivity contribution in [1.82, 2.24) is 4.90 Å². The number of aryl methyl sites for hydroxylation is 1. The van der Waals surface area contributed by atoms with Crippen LogP contribution in [0.25, 0.3) is 0 Å². The fourth-order valence-corrected chi connectivity index (χ4v) is 4.23. The van der Waals surface area contributed by atoms with Crippen molar-refractivity contribution >= 4 is 5.69 Å². The smallest absolute Gasteiger partial charge is 0.119 e. The molecule has 1 saturated heterocycles. The molecule has 0 radical (unpaired) electrons. The van der Waals surface area contributed by atoms with Crippen molar-refractivity contribution in [1.29, 1.82) is 0 Å². The number of benzene rings is 2. The van der Waals surface area contributed by atoms with Gasteiger partial charge in [-0.3, -0.25) is 0 Å². The lowest BCUT2D eigenvalue weighted by atomic mass is 9.80. The Morgan fingerprint density at radius 1 is 1.11 bits per heavy atom. The Hall–Kier alpha value is -2.00. The van der Waals surface area contributed by atoms with Gasteiger partial charge in [-0.2, -0.15) is 0 Å². The van der Waals surface area contributed by atoms with Crippen LogP contribution in [-0.4, -0.2) is 45.2 Å². The molecule has 3 rings (SSSR count). The zero-order valence-corrected chi connectivity index (χ0v) is 18.0. The molecule has 0 saturated carbocycles. The molecule has 1 aliphatic heterocycles. The molecule has 1 fully saturated rings. The Morgan fingerprint density at radius 3 is 2.57 bits per heavy atom. The lowest BCUT2D eigenvalue weighted by Crippen LogP contribution is -2.42. The van der Waals surface area contributed by atoms with Gasteiger partial charge in [0.15, 0.2) is 0 Å². The summed E-state index contributed by atoms with van der Waals surface area (Å²) < 4.78 is 6.26. The van der Waals surface area contributed by atoms with E-state index in [1.165, 1.54) is 49.2 Å². The SMILES string of the molecule is CCCCN1CCC(c2ccc(N(C)C)cc2)C(COc2cccc(C)c2)C1. The molecule has 2 aromatic carbocycles. The third-order valence-corrected chi connectivity index (χ3v) is 5.94. The zero-order valence-electron chi connectivity index (χ0n) is 18.0. The summed E-state index contributed by atoms with van der Waals surface area (Å²) in [4.78, 5) is 4.80. The van der Waals surface area contributed by atoms with Crippen LogP contribution in [0.2, 0.25) is 0 Å². The van der Waals surface area contributed by atoms with E-state index >= 15 is 0 Å². The molecular weight excluding hydrogens is 344 g/mol. The minimum absolute atomic E-state index is 0.524. The summed E-state index contributed by atoms with van der Waals surface area (Å²) in [6, 6.07) is 17.5. The Kier molecular flexibility index (Phi) is 7.38. The quantitative estimate of drug-likeness (QED) is 0.614. The third-order valence-electron chi connectivity index (χ3n) is 5.94. The summed E-state index contributed by atoms with van der Waals surface area (Å²) in [6.45, 7) is 8.72. The average Bonchev–Trinajstić information content (AvgIpc) is 2.71. The molecular formula is C25H36N2O. The fraction of sp³-hybridized carbons (Fsp3) is 0.520.